The lowest BCUT2D eigenvalue weighted by molar-refractivity contribution is -0.00438. The van der Waals surface area contributed by atoms with E-state index in [0.717, 1.165) is 31.2 Å². The maximum atomic E-state index is 13.1. The zero-order valence-electron chi connectivity index (χ0n) is 14.8. The average Bonchev–Trinajstić information content (AvgIpc) is 3.38. The van der Waals surface area contributed by atoms with Crippen LogP contribution in [0.3, 0.4) is 0 Å². The third kappa shape index (κ3) is 4.22. The van der Waals surface area contributed by atoms with Gasteiger partial charge in [-0.25, -0.2) is 13.1 Å². The number of amides is 1. The fraction of sp³-hybridized carbons (Fsp3) is 0.611. The predicted molar refractivity (Wildman–Crippen MR) is 95.1 cm³/mol. The summed E-state index contributed by atoms with van der Waals surface area (Å²) in [5, 5.41) is 0. The van der Waals surface area contributed by atoms with Crippen molar-refractivity contribution in [2.24, 2.45) is 0 Å². The van der Waals surface area contributed by atoms with Crippen molar-refractivity contribution in [1.82, 2.24) is 9.62 Å². The molecular weight excluding hydrogens is 340 g/mol. The molecule has 0 radical (unpaired) electrons. The zero-order valence-corrected chi connectivity index (χ0v) is 15.6. The molecule has 1 heterocycles. The molecule has 0 bridgehead atoms. The van der Waals surface area contributed by atoms with Gasteiger partial charge in [0.2, 0.25) is 10.0 Å². The molecule has 1 aromatic rings. The van der Waals surface area contributed by atoms with Crippen LogP contribution >= 0.6 is 0 Å². The van der Waals surface area contributed by atoms with Crippen molar-refractivity contribution in [2.45, 2.75) is 56.5 Å². The largest absolute Gasteiger partial charge is 0.377 e. The highest BCUT2D eigenvalue weighted by Gasteiger charge is 2.31. The highest BCUT2D eigenvalue weighted by atomic mass is 32.2. The molecule has 1 amide bonds. The van der Waals surface area contributed by atoms with Gasteiger partial charge in [0.1, 0.15) is 0 Å². The molecule has 25 heavy (non-hydrogen) atoms. The number of nitrogens with one attached hydrogen (secondary N) is 1. The number of hydrogen-bond acceptors (Lipinski definition) is 4. The molecule has 0 spiro atoms. The Kier molecular flexibility index (Phi) is 5.46. The van der Waals surface area contributed by atoms with E-state index in [1.807, 2.05) is 11.8 Å². The topological polar surface area (TPSA) is 75.7 Å². The smallest absolute Gasteiger partial charge is 0.254 e. The molecule has 1 aliphatic carbocycles. The molecule has 138 valence electrons. The van der Waals surface area contributed by atoms with Crippen LogP contribution < -0.4 is 4.72 Å². The van der Waals surface area contributed by atoms with Crippen LogP contribution in [-0.4, -0.2) is 51.1 Å². The lowest BCUT2D eigenvalue weighted by Crippen LogP contribution is -2.48. The molecule has 1 unspecified atom stereocenters. The third-order valence-corrected chi connectivity index (χ3v) is 6.28. The Balaban J connectivity index is 1.87. The first-order valence-electron chi connectivity index (χ1n) is 8.94. The van der Waals surface area contributed by atoms with E-state index in [1.165, 1.54) is 6.07 Å². The third-order valence-electron chi connectivity index (χ3n) is 4.76. The number of carbonyl (C=O) groups is 1. The van der Waals surface area contributed by atoms with E-state index in [0.29, 0.717) is 25.3 Å². The van der Waals surface area contributed by atoms with E-state index in [-0.39, 0.29) is 22.9 Å². The van der Waals surface area contributed by atoms with E-state index in [1.54, 1.807) is 12.1 Å². The first kappa shape index (κ1) is 18.4. The first-order valence-corrected chi connectivity index (χ1v) is 10.4. The van der Waals surface area contributed by atoms with Crippen molar-refractivity contribution in [3.63, 3.8) is 0 Å². The minimum absolute atomic E-state index is 0.0404. The van der Waals surface area contributed by atoms with Gasteiger partial charge in [-0.3, -0.25) is 4.79 Å². The minimum Gasteiger partial charge on any atom is -0.377 e. The molecule has 2 aliphatic rings. The van der Waals surface area contributed by atoms with Gasteiger partial charge in [-0.1, -0.05) is 19.4 Å². The Morgan fingerprint density at radius 3 is 2.80 bits per heavy atom. The Bertz CT molecular complexity index is 741. The molecular formula is C18H26N2O4S. The molecule has 6 nitrogen and oxygen atoms in total. The number of carbonyl (C=O) groups excluding carboxylic acids is 1. The summed E-state index contributed by atoms with van der Waals surface area (Å²) < 4.78 is 33.1. The first-order chi connectivity index (χ1) is 11.9. The summed E-state index contributed by atoms with van der Waals surface area (Å²) in [4.78, 5) is 15.1. The summed E-state index contributed by atoms with van der Waals surface area (Å²) in [6.45, 7) is 5.53. The SMILES string of the molecule is CCCC1COCCN1C(=O)c1cc(S(=O)(=O)NC2CC2)ccc1C. The molecule has 1 N–H and O–H groups in total. The Morgan fingerprint density at radius 2 is 2.12 bits per heavy atom. The summed E-state index contributed by atoms with van der Waals surface area (Å²) in [7, 11) is -3.57. The lowest BCUT2D eigenvalue weighted by atomic mass is 10.0. The molecule has 1 atom stereocenters. The van der Waals surface area contributed by atoms with Gasteiger partial charge in [0.25, 0.3) is 5.91 Å². The Labute approximate surface area is 149 Å². The Hall–Kier alpha value is -1.44. The van der Waals surface area contributed by atoms with Gasteiger partial charge < -0.3 is 9.64 Å². The highest BCUT2D eigenvalue weighted by Crippen LogP contribution is 2.24. The van der Waals surface area contributed by atoms with Crippen LogP contribution in [0.5, 0.6) is 0 Å². The van der Waals surface area contributed by atoms with Gasteiger partial charge in [-0.05, 0) is 43.9 Å². The van der Waals surface area contributed by atoms with E-state index in [2.05, 4.69) is 11.6 Å². The number of aryl methyl sites for hydroxylation is 1. The summed E-state index contributed by atoms with van der Waals surface area (Å²) in [5.74, 6) is -0.109. The summed E-state index contributed by atoms with van der Waals surface area (Å²) in [6, 6.07) is 4.89. The van der Waals surface area contributed by atoms with Crippen molar-refractivity contribution >= 4 is 15.9 Å². The van der Waals surface area contributed by atoms with Crippen LogP contribution in [0.2, 0.25) is 0 Å². The molecule has 1 saturated carbocycles. The van der Waals surface area contributed by atoms with Crippen LogP contribution in [0.25, 0.3) is 0 Å². The fourth-order valence-corrected chi connectivity index (χ4v) is 4.47. The molecule has 7 heteroatoms. The molecule has 1 aliphatic heterocycles. The highest BCUT2D eigenvalue weighted by molar-refractivity contribution is 7.89. The number of morpholine rings is 1. The van der Waals surface area contributed by atoms with Gasteiger partial charge in [0.15, 0.2) is 0 Å². The molecule has 1 saturated heterocycles. The number of sulfonamides is 1. The molecule has 3 rings (SSSR count). The van der Waals surface area contributed by atoms with Gasteiger partial charge in [0, 0.05) is 18.2 Å². The molecule has 1 aromatic carbocycles. The number of hydrogen-bond donors (Lipinski definition) is 1. The van der Waals surface area contributed by atoms with Crippen LogP contribution in [0.15, 0.2) is 23.1 Å². The number of nitrogens with zero attached hydrogens (tertiary/aromatic N) is 1. The lowest BCUT2D eigenvalue weighted by Gasteiger charge is -2.36. The van der Waals surface area contributed by atoms with Gasteiger partial charge >= 0.3 is 0 Å². The number of ether oxygens (including phenoxy) is 1. The van der Waals surface area contributed by atoms with Gasteiger partial charge in [-0.15, -0.1) is 0 Å². The van der Waals surface area contributed by atoms with Crippen LogP contribution in [0.4, 0.5) is 0 Å². The monoisotopic (exact) mass is 366 g/mol. The molecule has 2 fully saturated rings. The Morgan fingerprint density at radius 1 is 1.36 bits per heavy atom. The van der Waals surface area contributed by atoms with Crippen LogP contribution in [0.1, 0.15) is 48.5 Å². The van der Waals surface area contributed by atoms with Crippen molar-refractivity contribution in [3.05, 3.63) is 29.3 Å². The predicted octanol–water partition coefficient (Wildman–Crippen LogP) is 2.08. The van der Waals surface area contributed by atoms with E-state index in [9.17, 15) is 13.2 Å². The van der Waals surface area contributed by atoms with Crippen molar-refractivity contribution < 1.29 is 17.9 Å². The normalized spacial score (nSPS) is 21.4. The second-order valence-electron chi connectivity index (χ2n) is 6.89. The van der Waals surface area contributed by atoms with E-state index < -0.39 is 10.0 Å². The summed E-state index contributed by atoms with van der Waals surface area (Å²) in [6.07, 6.45) is 3.61. The quantitative estimate of drug-likeness (QED) is 0.836. The number of benzene rings is 1. The van der Waals surface area contributed by atoms with Crippen molar-refractivity contribution in [2.75, 3.05) is 19.8 Å². The summed E-state index contributed by atoms with van der Waals surface area (Å²) in [5.41, 5.74) is 1.25. The van der Waals surface area contributed by atoms with Crippen LogP contribution in [0, 0.1) is 6.92 Å². The van der Waals surface area contributed by atoms with Crippen LogP contribution in [-0.2, 0) is 14.8 Å². The minimum atomic E-state index is -3.57. The maximum Gasteiger partial charge on any atom is 0.254 e. The van der Waals surface area contributed by atoms with Gasteiger partial charge in [-0.2, -0.15) is 0 Å². The second kappa shape index (κ2) is 7.43. The summed E-state index contributed by atoms with van der Waals surface area (Å²) >= 11 is 0. The van der Waals surface area contributed by atoms with E-state index in [4.69, 9.17) is 4.74 Å². The fourth-order valence-electron chi connectivity index (χ4n) is 3.14. The standard InChI is InChI=1S/C18H26N2O4S/c1-3-4-15-12-24-10-9-20(15)18(21)17-11-16(8-5-13(17)2)25(22,23)19-14-6-7-14/h5,8,11,14-15,19H,3-4,6-7,9-10,12H2,1-2H3. The number of rotatable bonds is 6. The van der Waals surface area contributed by atoms with Crippen molar-refractivity contribution in [3.8, 4) is 0 Å². The molecule has 0 aromatic heterocycles. The maximum absolute atomic E-state index is 13.1. The van der Waals surface area contributed by atoms with Crippen molar-refractivity contribution in [1.29, 1.82) is 0 Å². The second-order valence-corrected chi connectivity index (χ2v) is 8.60. The zero-order chi connectivity index (χ0) is 18.0. The van der Waals surface area contributed by atoms with E-state index >= 15 is 0 Å². The average molecular weight is 366 g/mol. The van der Waals surface area contributed by atoms with Gasteiger partial charge in [0.05, 0.1) is 24.2 Å².